The van der Waals surface area contributed by atoms with Crippen LogP contribution in [0.1, 0.15) is 44.9 Å². The van der Waals surface area contributed by atoms with E-state index in [9.17, 15) is 9.59 Å². The highest BCUT2D eigenvalue weighted by Crippen LogP contribution is 2.31. The summed E-state index contributed by atoms with van der Waals surface area (Å²) in [6.07, 6.45) is 1.90. The third-order valence-corrected chi connectivity index (χ3v) is 8.11. The molecule has 0 spiro atoms. The van der Waals surface area contributed by atoms with E-state index in [0.717, 1.165) is 35.7 Å². The van der Waals surface area contributed by atoms with Crippen molar-refractivity contribution in [1.82, 2.24) is 4.57 Å². The van der Waals surface area contributed by atoms with E-state index in [1.54, 1.807) is 4.57 Å². The minimum absolute atomic E-state index is 0.182. The zero-order chi connectivity index (χ0) is 28.9. The van der Waals surface area contributed by atoms with Gasteiger partial charge in [0.1, 0.15) is 5.75 Å². The van der Waals surface area contributed by atoms with Crippen molar-refractivity contribution in [3.05, 3.63) is 121 Å². The molecule has 0 radical (unpaired) electrons. The molecule has 2 heterocycles. The number of para-hydroxylation sites is 1. The molecule has 210 valence electrons. The molecule has 0 fully saturated rings. The first-order valence-corrected chi connectivity index (χ1v) is 14.7. The van der Waals surface area contributed by atoms with Gasteiger partial charge >= 0.3 is 0 Å². The van der Waals surface area contributed by atoms with Crippen molar-refractivity contribution < 1.29 is 9.53 Å². The second kappa shape index (κ2) is 12.4. The number of fused-ring (bicyclic) bond motifs is 1. The molecule has 1 aliphatic heterocycles. The van der Waals surface area contributed by atoms with Crippen molar-refractivity contribution in [1.29, 1.82) is 0 Å². The van der Waals surface area contributed by atoms with Gasteiger partial charge in [0.15, 0.2) is 4.80 Å². The van der Waals surface area contributed by atoms with Crippen molar-refractivity contribution in [2.75, 3.05) is 29.9 Å². The quantitative estimate of drug-likeness (QED) is 0.305. The summed E-state index contributed by atoms with van der Waals surface area (Å²) in [6, 6.07) is 24.4. The summed E-state index contributed by atoms with van der Waals surface area (Å²) >= 11 is 1.33. The number of thiazole rings is 1. The standard InChI is InChI=1S/C33H34N4O3S/c1-5-36(6-2)26-17-13-23(14-18-26)21-28-32(39)37-30(24-15-19-27(20-16-24)40-7-3)29(22(4)34-33(37)41-28)31(38)35-25-11-9-8-10-12-25/h8-21,30H,5-7H2,1-4H3,(H,35,38)/b28-21-/t30-/m0/s1. The highest BCUT2D eigenvalue weighted by molar-refractivity contribution is 7.07. The lowest BCUT2D eigenvalue weighted by Gasteiger charge is -2.25. The Kier molecular flexibility index (Phi) is 8.50. The van der Waals surface area contributed by atoms with Crippen LogP contribution >= 0.6 is 11.3 Å². The number of nitrogens with zero attached hydrogens (tertiary/aromatic N) is 3. The van der Waals surface area contributed by atoms with Gasteiger partial charge < -0.3 is 15.0 Å². The Morgan fingerprint density at radius 1 is 1.00 bits per heavy atom. The highest BCUT2D eigenvalue weighted by atomic mass is 32.1. The molecule has 8 heteroatoms. The van der Waals surface area contributed by atoms with Crippen LogP contribution in [0.25, 0.3) is 6.08 Å². The van der Waals surface area contributed by atoms with E-state index in [1.807, 2.05) is 86.7 Å². The highest BCUT2D eigenvalue weighted by Gasteiger charge is 2.32. The van der Waals surface area contributed by atoms with E-state index in [1.165, 1.54) is 11.3 Å². The lowest BCUT2D eigenvalue weighted by atomic mass is 9.95. The van der Waals surface area contributed by atoms with Gasteiger partial charge in [0.25, 0.3) is 11.5 Å². The van der Waals surface area contributed by atoms with Crippen LogP contribution in [-0.2, 0) is 4.79 Å². The van der Waals surface area contributed by atoms with Gasteiger partial charge in [-0.2, -0.15) is 0 Å². The van der Waals surface area contributed by atoms with Gasteiger partial charge in [0.2, 0.25) is 0 Å². The monoisotopic (exact) mass is 566 g/mol. The Morgan fingerprint density at radius 2 is 1.68 bits per heavy atom. The Balaban J connectivity index is 1.60. The van der Waals surface area contributed by atoms with Gasteiger partial charge in [0, 0.05) is 24.5 Å². The number of carbonyl (C=O) groups excluding carboxylic acids is 1. The Bertz CT molecular complexity index is 1730. The van der Waals surface area contributed by atoms with E-state index in [-0.39, 0.29) is 11.5 Å². The maximum absolute atomic E-state index is 14.0. The van der Waals surface area contributed by atoms with E-state index in [4.69, 9.17) is 9.73 Å². The summed E-state index contributed by atoms with van der Waals surface area (Å²) in [5, 5.41) is 2.99. The van der Waals surface area contributed by atoms with Crippen molar-refractivity contribution in [2.45, 2.75) is 33.7 Å². The topological polar surface area (TPSA) is 75.9 Å². The smallest absolute Gasteiger partial charge is 0.271 e. The summed E-state index contributed by atoms with van der Waals surface area (Å²) < 4.78 is 7.84. The number of amides is 1. The molecule has 4 aromatic rings. The average molecular weight is 567 g/mol. The third kappa shape index (κ3) is 5.88. The Hall–Kier alpha value is -4.43. The summed E-state index contributed by atoms with van der Waals surface area (Å²) in [7, 11) is 0. The summed E-state index contributed by atoms with van der Waals surface area (Å²) in [5.41, 5.74) is 4.38. The van der Waals surface area contributed by atoms with Gasteiger partial charge in [0.05, 0.1) is 28.5 Å². The van der Waals surface area contributed by atoms with Gasteiger partial charge in [-0.1, -0.05) is 53.8 Å². The molecule has 1 atom stereocenters. The number of nitrogens with one attached hydrogen (secondary N) is 1. The molecule has 7 nitrogen and oxygen atoms in total. The first-order valence-electron chi connectivity index (χ1n) is 13.9. The Morgan fingerprint density at radius 3 is 2.32 bits per heavy atom. The number of anilines is 2. The molecule has 1 aliphatic rings. The van der Waals surface area contributed by atoms with Crippen LogP contribution in [0.15, 0.2) is 99.9 Å². The number of aromatic nitrogens is 1. The normalized spacial score (nSPS) is 14.8. The van der Waals surface area contributed by atoms with Crippen LogP contribution in [0.4, 0.5) is 11.4 Å². The predicted octanol–water partition coefficient (Wildman–Crippen LogP) is 5.12. The minimum Gasteiger partial charge on any atom is -0.494 e. The molecule has 1 amide bonds. The van der Waals surface area contributed by atoms with Gasteiger partial charge in [-0.15, -0.1) is 0 Å². The number of ether oxygens (including phenoxy) is 1. The number of benzene rings is 3. The van der Waals surface area contributed by atoms with Gasteiger partial charge in [-0.25, -0.2) is 4.99 Å². The van der Waals surface area contributed by atoms with E-state index in [0.29, 0.717) is 32.9 Å². The fraction of sp³-hybridized carbons (Fsp3) is 0.242. The zero-order valence-electron chi connectivity index (χ0n) is 23.8. The molecule has 0 bridgehead atoms. The molecule has 0 saturated heterocycles. The molecule has 0 aliphatic carbocycles. The number of hydrogen-bond acceptors (Lipinski definition) is 6. The second-order valence-corrected chi connectivity index (χ2v) is 10.7. The lowest BCUT2D eigenvalue weighted by Crippen LogP contribution is -2.40. The fourth-order valence-electron chi connectivity index (χ4n) is 5.08. The SMILES string of the molecule is CCOc1ccc([C@H]2C(C(=O)Nc3ccccc3)=C(C)N=c3s/c(=C\c4ccc(N(CC)CC)cc4)c(=O)n32)cc1. The maximum atomic E-state index is 14.0. The summed E-state index contributed by atoms with van der Waals surface area (Å²) in [6.45, 7) is 10.4. The van der Waals surface area contributed by atoms with Crippen molar-refractivity contribution in [3.63, 3.8) is 0 Å². The molecule has 3 aromatic carbocycles. The summed E-state index contributed by atoms with van der Waals surface area (Å²) in [5.74, 6) is 0.436. The Labute approximate surface area is 243 Å². The molecule has 1 N–H and O–H groups in total. The maximum Gasteiger partial charge on any atom is 0.271 e. The van der Waals surface area contributed by atoms with Crippen LogP contribution in [-0.4, -0.2) is 30.2 Å². The van der Waals surface area contributed by atoms with E-state index >= 15 is 0 Å². The molecule has 0 unspecified atom stereocenters. The average Bonchev–Trinajstić information content (AvgIpc) is 3.28. The zero-order valence-corrected chi connectivity index (χ0v) is 24.6. The second-order valence-electron chi connectivity index (χ2n) is 9.67. The molecular formula is C33H34N4O3S. The third-order valence-electron chi connectivity index (χ3n) is 7.12. The number of carbonyl (C=O) groups is 1. The van der Waals surface area contributed by atoms with Crippen LogP contribution in [0.3, 0.4) is 0 Å². The number of hydrogen-bond donors (Lipinski definition) is 1. The molecule has 1 aromatic heterocycles. The summed E-state index contributed by atoms with van der Waals surface area (Å²) in [4.78, 5) is 35.3. The van der Waals surface area contributed by atoms with Crippen molar-refractivity contribution in [2.24, 2.45) is 4.99 Å². The molecule has 0 saturated carbocycles. The predicted molar refractivity (Wildman–Crippen MR) is 166 cm³/mol. The van der Waals surface area contributed by atoms with Gasteiger partial charge in [-0.05, 0) is 81.3 Å². The molecule has 41 heavy (non-hydrogen) atoms. The van der Waals surface area contributed by atoms with Crippen LogP contribution in [0.2, 0.25) is 0 Å². The fourth-order valence-corrected chi connectivity index (χ4v) is 6.13. The first-order chi connectivity index (χ1) is 19.9. The lowest BCUT2D eigenvalue weighted by molar-refractivity contribution is -0.113. The first kappa shape index (κ1) is 28.1. The van der Waals surface area contributed by atoms with Crippen LogP contribution in [0, 0.1) is 0 Å². The van der Waals surface area contributed by atoms with Crippen LogP contribution in [0.5, 0.6) is 5.75 Å². The number of allylic oxidation sites excluding steroid dienone is 1. The minimum atomic E-state index is -0.641. The largest absolute Gasteiger partial charge is 0.494 e. The molecular weight excluding hydrogens is 532 g/mol. The van der Waals surface area contributed by atoms with E-state index < -0.39 is 6.04 Å². The van der Waals surface area contributed by atoms with Crippen molar-refractivity contribution in [3.8, 4) is 5.75 Å². The number of rotatable bonds is 9. The molecule has 5 rings (SSSR count). The van der Waals surface area contributed by atoms with Crippen molar-refractivity contribution >= 4 is 34.7 Å². The van der Waals surface area contributed by atoms with E-state index in [2.05, 4.69) is 36.2 Å². The van der Waals surface area contributed by atoms with Gasteiger partial charge in [-0.3, -0.25) is 14.2 Å². The van der Waals surface area contributed by atoms with Crippen LogP contribution < -0.4 is 29.8 Å².